The van der Waals surface area contributed by atoms with E-state index in [0.717, 1.165) is 24.4 Å². The summed E-state index contributed by atoms with van der Waals surface area (Å²) in [7, 11) is 4.46. The van der Waals surface area contributed by atoms with Crippen LogP contribution in [0.3, 0.4) is 0 Å². The van der Waals surface area contributed by atoms with Gasteiger partial charge in [0.2, 0.25) is 5.75 Å². The largest absolute Gasteiger partial charge is 0.504 e. The van der Waals surface area contributed by atoms with Gasteiger partial charge in [-0.25, -0.2) is 0 Å². The molecule has 2 N–H and O–H groups in total. The van der Waals surface area contributed by atoms with Gasteiger partial charge in [0.05, 0.1) is 21.3 Å². The van der Waals surface area contributed by atoms with Crippen LogP contribution in [-0.4, -0.2) is 63.5 Å². The summed E-state index contributed by atoms with van der Waals surface area (Å²) >= 11 is 0. The summed E-state index contributed by atoms with van der Waals surface area (Å²) in [6.07, 6.45) is 0. The Balaban J connectivity index is 1.33. The first kappa shape index (κ1) is 29.3. The number of carbonyl (C=O) groups excluding carboxylic acids is 1. The van der Waals surface area contributed by atoms with Gasteiger partial charge in [0.1, 0.15) is 28.2 Å². The van der Waals surface area contributed by atoms with Gasteiger partial charge < -0.3 is 33.8 Å². The molecule has 216 valence electrons. The maximum absolute atomic E-state index is 12.8. The number of hydrogen-bond acceptors (Lipinski definition) is 9. The Morgan fingerprint density at radius 1 is 0.976 bits per heavy atom. The second-order valence-electron chi connectivity index (χ2n) is 9.15. The summed E-state index contributed by atoms with van der Waals surface area (Å²) in [6, 6.07) is 17.5. The molecule has 0 aliphatic carbocycles. The van der Waals surface area contributed by atoms with Gasteiger partial charge in [-0.05, 0) is 36.9 Å². The number of aromatic hydroxyl groups is 1. The minimum Gasteiger partial charge on any atom is -0.504 e. The van der Waals surface area contributed by atoms with Gasteiger partial charge in [0.25, 0.3) is 5.91 Å². The van der Waals surface area contributed by atoms with E-state index in [2.05, 4.69) is 17.1 Å². The lowest BCUT2D eigenvalue weighted by Crippen LogP contribution is -2.36. The van der Waals surface area contributed by atoms with Gasteiger partial charge in [0, 0.05) is 42.9 Å². The average molecular weight is 563 g/mol. The zero-order valence-corrected chi connectivity index (χ0v) is 23.6. The molecule has 10 nitrogen and oxygen atoms in total. The Morgan fingerprint density at radius 3 is 2.39 bits per heavy atom. The quantitative estimate of drug-likeness (QED) is 0.247. The molecule has 1 amide bonds. The molecule has 1 heterocycles. The summed E-state index contributed by atoms with van der Waals surface area (Å²) in [5.74, 6) is 1.35. The maximum Gasteiger partial charge on any atom is 0.257 e. The van der Waals surface area contributed by atoms with Crippen molar-refractivity contribution in [3.63, 3.8) is 0 Å². The average Bonchev–Trinajstić information content (AvgIpc) is 2.99. The molecule has 0 spiro atoms. The van der Waals surface area contributed by atoms with Crippen molar-refractivity contribution < 1.29 is 33.3 Å². The molecular formula is C31H34N2O8. The summed E-state index contributed by atoms with van der Waals surface area (Å²) < 4.78 is 27.4. The number of ether oxygens (including phenoxy) is 4. The van der Waals surface area contributed by atoms with Crippen molar-refractivity contribution in [3.8, 4) is 40.1 Å². The number of phenols is 1. The number of nitrogens with zero attached hydrogens (tertiary/aromatic N) is 1. The molecule has 3 aromatic carbocycles. The normalized spacial score (nSPS) is 11.0. The van der Waals surface area contributed by atoms with Gasteiger partial charge in [0.15, 0.2) is 23.5 Å². The van der Waals surface area contributed by atoms with Crippen molar-refractivity contribution in [2.75, 3.05) is 47.6 Å². The molecule has 0 aliphatic heterocycles. The van der Waals surface area contributed by atoms with Crippen molar-refractivity contribution in [1.29, 1.82) is 0 Å². The first-order valence-corrected chi connectivity index (χ1v) is 13.1. The topological polar surface area (TPSA) is 120 Å². The molecule has 0 atom stereocenters. The standard InChI is InChI=1S/C31H34N2O8/c1-5-33(18-21-8-6-7-9-24(21)37-2)15-14-32-28(35)19-40-22-12-10-20(11-13-22)25-16-23(34)29-26(41-25)17-27(38-3)31(39-4)30(29)36/h6-13,16-17,36H,5,14-15,18-19H2,1-4H3,(H,32,35). The number of methoxy groups -OCH3 is 3. The Bertz CT molecular complexity index is 1550. The molecular weight excluding hydrogens is 528 g/mol. The van der Waals surface area contributed by atoms with E-state index in [0.29, 0.717) is 30.2 Å². The summed E-state index contributed by atoms with van der Waals surface area (Å²) in [4.78, 5) is 27.4. The maximum atomic E-state index is 12.8. The molecule has 10 heteroatoms. The molecule has 0 fully saturated rings. The lowest BCUT2D eigenvalue weighted by atomic mass is 10.1. The lowest BCUT2D eigenvalue weighted by Gasteiger charge is -2.21. The van der Waals surface area contributed by atoms with Crippen LogP contribution in [0.5, 0.6) is 28.7 Å². The van der Waals surface area contributed by atoms with Crippen molar-refractivity contribution in [3.05, 3.63) is 76.5 Å². The number of carbonyl (C=O) groups is 1. The third-order valence-electron chi connectivity index (χ3n) is 6.63. The molecule has 0 aliphatic rings. The van der Waals surface area contributed by atoms with Crippen molar-refractivity contribution >= 4 is 16.9 Å². The van der Waals surface area contributed by atoms with Crippen LogP contribution < -0.4 is 29.7 Å². The Labute approximate surface area is 238 Å². The predicted molar refractivity (Wildman–Crippen MR) is 155 cm³/mol. The zero-order chi connectivity index (χ0) is 29.4. The predicted octanol–water partition coefficient (Wildman–Crippen LogP) is 4.21. The number of fused-ring (bicyclic) bond motifs is 1. The molecule has 0 unspecified atom stereocenters. The molecule has 41 heavy (non-hydrogen) atoms. The van der Waals surface area contributed by atoms with Crippen molar-refractivity contribution in [1.82, 2.24) is 10.2 Å². The fraction of sp³-hybridized carbons (Fsp3) is 0.290. The number of rotatable bonds is 13. The van der Waals surface area contributed by atoms with Crippen LogP contribution in [0.2, 0.25) is 0 Å². The number of nitrogens with one attached hydrogen (secondary N) is 1. The smallest absolute Gasteiger partial charge is 0.257 e. The molecule has 0 saturated carbocycles. The van der Waals surface area contributed by atoms with Gasteiger partial charge in [-0.15, -0.1) is 0 Å². The van der Waals surface area contributed by atoms with E-state index in [9.17, 15) is 14.7 Å². The van der Waals surface area contributed by atoms with Gasteiger partial charge >= 0.3 is 0 Å². The molecule has 4 aromatic rings. The Kier molecular flexibility index (Phi) is 9.70. The number of amides is 1. The van der Waals surface area contributed by atoms with E-state index in [-0.39, 0.29) is 40.7 Å². The first-order chi connectivity index (χ1) is 19.9. The molecule has 0 saturated heterocycles. The first-order valence-electron chi connectivity index (χ1n) is 13.1. The van der Waals surface area contributed by atoms with Gasteiger partial charge in [-0.3, -0.25) is 14.5 Å². The van der Waals surface area contributed by atoms with Gasteiger partial charge in [-0.2, -0.15) is 0 Å². The second-order valence-corrected chi connectivity index (χ2v) is 9.15. The third-order valence-corrected chi connectivity index (χ3v) is 6.63. The van der Waals surface area contributed by atoms with E-state index < -0.39 is 5.43 Å². The molecule has 0 bridgehead atoms. The van der Waals surface area contributed by atoms with E-state index in [4.69, 9.17) is 23.4 Å². The zero-order valence-electron chi connectivity index (χ0n) is 23.6. The number of likely N-dealkylation sites (N-methyl/N-ethyl adjacent to an activating group) is 1. The van der Waals surface area contributed by atoms with Crippen LogP contribution in [0.25, 0.3) is 22.3 Å². The highest BCUT2D eigenvalue weighted by molar-refractivity contribution is 5.89. The van der Waals surface area contributed by atoms with Crippen LogP contribution >= 0.6 is 0 Å². The van der Waals surface area contributed by atoms with E-state index in [1.807, 2.05) is 24.3 Å². The highest BCUT2D eigenvalue weighted by Crippen LogP contribution is 2.42. The minimum absolute atomic E-state index is 0.000727. The number of benzene rings is 3. The van der Waals surface area contributed by atoms with Crippen LogP contribution in [0, 0.1) is 0 Å². The molecule has 0 radical (unpaired) electrons. The highest BCUT2D eigenvalue weighted by Gasteiger charge is 2.19. The van der Waals surface area contributed by atoms with Gasteiger partial charge in [-0.1, -0.05) is 25.1 Å². The number of hydrogen-bond donors (Lipinski definition) is 2. The SMILES string of the molecule is CCN(CCNC(=O)COc1ccc(-c2cc(=O)c3c(O)c(OC)c(OC)cc3o2)cc1)Cc1ccccc1OC. The lowest BCUT2D eigenvalue weighted by molar-refractivity contribution is -0.123. The van der Waals surface area contributed by atoms with E-state index in [1.165, 1.54) is 26.4 Å². The summed E-state index contributed by atoms with van der Waals surface area (Å²) in [6.45, 7) is 4.66. The second kappa shape index (κ2) is 13.6. The Morgan fingerprint density at radius 2 is 1.71 bits per heavy atom. The van der Waals surface area contributed by atoms with E-state index >= 15 is 0 Å². The Hall–Kier alpha value is -4.70. The monoisotopic (exact) mass is 562 g/mol. The minimum atomic E-state index is -0.429. The number of para-hydroxylation sites is 1. The van der Waals surface area contributed by atoms with Crippen LogP contribution in [0.1, 0.15) is 12.5 Å². The molecule has 1 aromatic heterocycles. The van der Waals surface area contributed by atoms with Crippen LogP contribution in [0.4, 0.5) is 0 Å². The van der Waals surface area contributed by atoms with Crippen molar-refractivity contribution in [2.45, 2.75) is 13.5 Å². The van der Waals surface area contributed by atoms with Crippen LogP contribution in [-0.2, 0) is 11.3 Å². The highest BCUT2D eigenvalue weighted by atomic mass is 16.5. The summed E-state index contributed by atoms with van der Waals surface area (Å²) in [5, 5.41) is 13.4. The fourth-order valence-corrected chi connectivity index (χ4v) is 4.44. The summed E-state index contributed by atoms with van der Waals surface area (Å²) in [5.41, 5.74) is 1.44. The molecule has 4 rings (SSSR count). The van der Waals surface area contributed by atoms with Crippen LogP contribution in [0.15, 0.2) is 69.9 Å². The number of phenolic OH excluding ortho intramolecular Hbond substituents is 1. The fourth-order valence-electron chi connectivity index (χ4n) is 4.44. The third kappa shape index (κ3) is 6.90. The van der Waals surface area contributed by atoms with E-state index in [1.54, 1.807) is 31.4 Å². The van der Waals surface area contributed by atoms with Crippen molar-refractivity contribution in [2.24, 2.45) is 0 Å².